The van der Waals surface area contributed by atoms with E-state index in [9.17, 15) is 0 Å². The van der Waals surface area contributed by atoms with Crippen LogP contribution in [0.15, 0.2) is 10.6 Å². The number of rotatable bonds is 1. The Bertz CT molecular complexity index is 118. The molecule has 0 saturated heterocycles. The van der Waals surface area contributed by atoms with Crippen LogP contribution in [0.2, 0.25) is 0 Å². The molecule has 1 saturated carbocycles. The minimum Gasteiger partial charge on any atom is -0.0884 e. The van der Waals surface area contributed by atoms with Crippen LogP contribution in [0.5, 0.6) is 0 Å². The molecule has 0 aromatic carbocycles. The van der Waals surface area contributed by atoms with E-state index in [0.29, 0.717) is 15.2 Å². The van der Waals surface area contributed by atoms with E-state index < -0.39 is 0 Å². The SMILES string of the molecule is ClC(Cl)=C[C@@H]1C[C@@H]1Br. The van der Waals surface area contributed by atoms with Crippen LogP contribution in [-0.4, -0.2) is 4.83 Å². The molecule has 0 unspecified atom stereocenters. The predicted molar refractivity (Wildman–Crippen MR) is 40.6 cm³/mol. The Balaban J connectivity index is 2.32. The maximum Gasteiger partial charge on any atom is 0.103 e. The first-order valence-corrected chi connectivity index (χ1v) is 4.04. The van der Waals surface area contributed by atoms with Gasteiger partial charge >= 0.3 is 0 Å². The molecule has 0 aromatic rings. The van der Waals surface area contributed by atoms with Gasteiger partial charge in [-0.1, -0.05) is 39.1 Å². The number of halogens is 3. The average molecular weight is 216 g/mol. The molecule has 0 nitrogen and oxygen atoms in total. The van der Waals surface area contributed by atoms with Crippen LogP contribution >= 0.6 is 39.1 Å². The third-order valence-corrected chi connectivity index (χ3v) is 2.40. The van der Waals surface area contributed by atoms with Gasteiger partial charge in [0, 0.05) is 4.83 Å². The summed E-state index contributed by atoms with van der Waals surface area (Å²) in [5, 5.41) is 0. The molecule has 0 bridgehead atoms. The van der Waals surface area contributed by atoms with E-state index >= 15 is 0 Å². The zero-order valence-corrected chi connectivity index (χ0v) is 7.17. The van der Waals surface area contributed by atoms with Crippen molar-refractivity contribution in [3.05, 3.63) is 10.6 Å². The molecule has 46 valence electrons. The summed E-state index contributed by atoms with van der Waals surface area (Å²) in [7, 11) is 0. The quantitative estimate of drug-likeness (QED) is 0.590. The van der Waals surface area contributed by atoms with E-state index in [1.165, 1.54) is 6.42 Å². The minimum atomic E-state index is 0.386. The van der Waals surface area contributed by atoms with Gasteiger partial charge in [0.05, 0.1) is 0 Å². The molecule has 1 rings (SSSR count). The van der Waals surface area contributed by atoms with Crippen molar-refractivity contribution in [1.29, 1.82) is 0 Å². The second-order valence-electron chi connectivity index (χ2n) is 1.87. The Labute approximate surface area is 67.0 Å². The van der Waals surface area contributed by atoms with Crippen LogP contribution in [0.25, 0.3) is 0 Å². The van der Waals surface area contributed by atoms with Crippen molar-refractivity contribution in [3.8, 4) is 0 Å². The summed E-state index contributed by atoms with van der Waals surface area (Å²) in [6, 6.07) is 0. The zero-order valence-electron chi connectivity index (χ0n) is 4.07. The van der Waals surface area contributed by atoms with Crippen LogP contribution in [-0.2, 0) is 0 Å². The number of alkyl halides is 1. The fourth-order valence-corrected chi connectivity index (χ4v) is 1.42. The Morgan fingerprint density at radius 1 is 1.62 bits per heavy atom. The Kier molecular flexibility index (Phi) is 2.24. The molecule has 0 aromatic heterocycles. The Morgan fingerprint density at radius 3 is 2.25 bits per heavy atom. The van der Waals surface area contributed by atoms with Crippen molar-refractivity contribution in [2.75, 3.05) is 0 Å². The van der Waals surface area contributed by atoms with E-state index in [2.05, 4.69) is 15.9 Å². The van der Waals surface area contributed by atoms with E-state index in [1.54, 1.807) is 0 Å². The number of hydrogen-bond donors (Lipinski definition) is 0. The summed E-state index contributed by atoms with van der Waals surface area (Å²) in [5.74, 6) is 0.583. The summed E-state index contributed by atoms with van der Waals surface area (Å²) in [5.41, 5.74) is 0. The van der Waals surface area contributed by atoms with Gasteiger partial charge < -0.3 is 0 Å². The third kappa shape index (κ3) is 1.96. The van der Waals surface area contributed by atoms with Crippen LogP contribution in [0.1, 0.15) is 6.42 Å². The first kappa shape index (κ1) is 6.91. The summed E-state index contributed by atoms with van der Waals surface area (Å²) in [6.45, 7) is 0. The largest absolute Gasteiger partial charge is 0.103 e. The standard InChI is InChI=1S/C5H5BrCl2/c6-4-1-3(4)2-5(7)8/h2-4H,1H2/t3-,4-/m0/s1. The summed E-state index contributed by atoms with van der Waals surface area (Å²) in [6.07, 6.45) is 3.03. The first-order chi connectivity index (χ1) is 3.70. The van der Waals surface area contributed by atoms with Gasteiger partial charge in [-0.25, -0.2) is 0 Å². The van der Waals surface area contributed by atoms with Crippen molar-refractivity contribution >= 4 is 39.1 Å². The topological polar surface area (TPSA) is 0 Å². The average Bonchev–Trinajstić information content (AvgIpc) is 2.17. The van der Waals surface area contributed by atoms with Gasteiger partial charge in [0.2, 0.25) is 0 Å². The second-order valence-corrected chi connectivity index (χ2v) is 4.06. The fraction of sp³-hybridized carbons (Fsp3) is 0.600. The van der Waals surface area contributed by atoms with Gasteiger partial charge in [-0.3, -0.25) is 0 Å². The third-order valence-electron chi connectivity index (χ3n) is 1.10. The molecule has 1 fully saturated rings. The molecule has 1 aliphatic carbocycles. The van der Waals surface area contributed by atoms with E-state index in [4.69, 9.17) is 23.2 Å². The van der Waals surface area contributed by atoms with Gasteiger partial charge in [0.25, 0.3) is 0 Å². The van der Waals surface area contributed by atoms with E-state index in [1.807, 2.05) is 6.08 Å². The zero-order chi connectivity index (χ0) is 6.15. The lowest BCUT2D eigenvalue weighted by Crippen LogP contribution is -1.68. The summed E-state index contributed by atoms with van der Waals surface area (Å²) >= 11 is 14.2. The highest BCUT2D eigenvalue weighted by atomic mass is 79.9. The summed E-state index contributed by atoms with van der Waals surface area (Å²) in [4.78, 5) is 0.620. The van der Waals surface area contributed by atoms with Gasteiger partial charge in [-0.15, -0.1) is 0 Å². The molecule has 0 amide bonds. The van der Waals surface area contributed by atoms with Crippen molar-refractivity contribution in [2.45, 2.75) is 11.2 Å². The van der Waals surface area contributed by atoms with Gasteiger partial charge in [-0.2, -0.15) is 0 Å². The lowest BCUT2D eigenvalue weighted by molar-refractivity contribution is 1.13. The molecule has 0 spiro atoms. The highest BCUT2D eigenvalue weighted by molar-refractivity contribution is 9.09. The monoisotopic (exact) mass is 214 g/mol. The molecule has 0 heterocycles. The second kappa shape index (κ2) is 2.59. The van der Waals surface area contributed by atoms with Crippen LogP contribution in [0.3, 0.4) is 0 Å². The van der Waals surface area contributed by atoms with Crippen LogP contribution < -0.4 is 0 Å². The van der Waals surface area contributed by atoms with Crippen LogP contribution in [0, 0.1) is 5.92 Å². The molecule has 3 heteroatoms. The predicted octanol–water partition coefficient (Wildman–Crippen LogP) is 3.09. The highest BCUT2D eigenvalue weighted by Crippen LogP contribution is 2.40. The van der Waals surface area contributed by atoms with E-state index in [0.717, 1.165) is 0 Å². The van der Waals surface area contributed by atoms with Crippen molar-refractivity contribution in [3.63, 3.8) is 0 Å². The molecule has 0 aliphatic heterocycles. The van der Waals surface area contributed by atoms with Gasteiger partial charge in [-0.05, 0) is 18.4 Å². The molecule has 2 atom stereocenters. The molecule has 8 heavy (non-hydrogen) atoms. The number of allylic oxidation sites excluding steroid dienone is 1. The van der Waals surface area contributed by atoms with Crippen molar-refractivity contribution < 1.29 is 0 Å². The Morgan fingerprint density at radius 2 is 2.12 bits per heavy atom. The molecular formula is C5H5BrCl2. The smallest absolute Gasteiger partial charge is 0.0884 e. The first-order valence-electron chi connectivity index (χ1n) is 2.37. The maximum atomic E-state index is 5.38. The molecular weight excluding hydrogens is 211 g/mol. The Hall–Kier alpha value is 0.800. The van der Waals surface area contributed by atoms with Crippen molar-refractivity contribution in [1.82, 2.24) is 0 Å². The maximum absolute atomic E-state index is 5.38. The fourth-order valence-electron chi connectivity index (χ4n) is 0.516. The highest BCUT2D eigenvalue weighted by Gasteiger charge is 2.32. The minimum absolute atomic E-state index is 0.386. The van der Waals surface area contributed by atoms with Crippen LogP contribution in [0.4, 0.5) is 0 Å². The summed E-state index contributed by atoms with van der Waals surface area (Å²) < 4.78 is 0.386. The van der Waals surface area contributed by atoms with Gasteiger partial charge in [0.15, 0.2) is 0 Å². The molecule has 0 N–H and O–H groups in total. The van der Waals surface area contributed by atoms with E-state index in [-0.39, 0.29) is 0 Å². The number of hydrogen-bond acceptors (Lipinski definition) is 0. The normalized spacial score (nSPS) is 34.4. The lowest BCUT2D eigenvalue weighted by atomic mass is 10.4. The van der Waals surface area contributed by atoms with Crippen molar-refractivity contribution in [2.24, 2.45) is 5.92 Å². The molecule has 0 radical (unpaired) electrons. The van der Waals surface area contributed by atoms with Gasteiger partial charge in [0.1, 0.15) is 4.49 Å². The lowest BCUT2D eigenvalue weighted by Gasteiger charge is -1.79. The molecule has 1 aliphatic rings.